The summed E-state index contributed by atoms with van der Waals surface area (Å²) in [4.78, 5) is 4.88. The highest BCUT2D eigenvalue weighted by Crippen LogP contribution is 2.32. The van der Waals surface area contributed by atoms with Crippen molar-refractivity contribution in [1.82, 2.24) is 0 Å². The van der Waals surface area contributed by atoms with Crippen LogP contribution in [0.2, 0.25) is 0 Å². The minimum absolute atomic E-state index is 0.212. The van der Waals surface area contributed by atoms with Crippen LogP contribution in [0.1, 0.15) is 49.6 Å². The summed E-state index contributed by atoms with van der Waals surface area (Å²) in [5.74, 6) is 0.870. The number of quaternary nitrogens is 1. The van der Waals surface area contributed by atoms with Crippen LogP contribution in [-0.4, -0.2) is 32.8 Å². The molecule has 0 spiro atoms. The summed E-state index contributed by atoms with van der Waals surface area (Å²) >= 11 is 0. The van der Waals surface area contributed by atoms with Crippen LogP contribution in [0.4, 0.5) is 5.82 Å². The zero-order valence-electron chi connectivity index (χ0n) is 15.1. The summed E-state index contributed by atoms with van der Waals surface area (Å²) in [6.07, 6.45) is 2.77. The van der Waals surface area contributed by atoms with E-state index >= 15 is 0 Å². The molecule has 0 radical (unpaired) electrons. The summed E-state index contributed by atoms with van der Waals surface area (Å²) in [5, 5.41) is 13.1. The van der Waals surface area contributed by atoms with E-state index in [-0.39, 0.29) is 5.60 Å². The molecule has 0 bridgehead atoms. The lowest BCUT2D eigenvalue weighted by molar-refractivity contribution is -0.858. The molecular formula is C18H30N4O+2. The lowest BCUT2D eigenvalue weighted by Crippen LogP contribution is -3.05. The van der Waals surface area contributed by atoms with Gasteiger partial charge in [0.1, 0.15) is 17.3 Å². The van der Waals surface area contributed by atoms with E-state index in [9.17, 15) is 5.26 Å². The van der Waals surface area contributed by atoms with E-state index in [0.717, 1.165) is 49.3 Å². The lowest BCUT2D eigenvalue weighted by Gasteiger charge is -2.32. The number of H-pyrrole nitrogens is 1. The number of nitrogens with one attached hydrogen (secondary N) is 3. The van der Waals surface area contributed by atoms with Crippen LogP contribution in [0.3, 0.4) is 0 Å². The number of aromatic amines is 1. The standard InChI is InChI=1S/C18H28N4O/c1-6-16-15-12-23-18(2,3)10-13(15)14(11-19)17(21-16)20-8-7-9-22(4)5/h6-10,12H2,1-5H3,(H,20,21)/p+2. The number of fused-ring (bicyclic) bond motifs is 1. The topological polar surface area (TPSA) is 63.6 Å². The van der Waals surface area contributed by atoms with E-state index in [0.29, 0.717) is 6.61 Å². The number of hydrogen-bond acceptors (Lipinski definition) is 3. The predicted molar refractivity (Wildman–Crippen MR) is 90.4 cm³/mol. The van der Waals surface area contributed by atoms with Crippen molar-refractivity contribution < 1.29 is 14.6 Å². The number of rotatable bonds is 6. The minimum atomic E-state index is -0.212. The summed E-state index contributed by atoms with van der Waals surface area (Å²) in [5.41, 5.74) is 4.05. The zero-order chi connectivity index (χ0) is 17.0. The SMILES string of the molecule is CCc1[nH+]c(NCCC[NH+](C)C)c(C#N)c2c1COC(C)(C)C2. The molecule has 126 valence electrons. The van der Waals surface area contributed by atoms with Gasteiger partial charge >= 0.3 is 0 Å². The quantitative estimate of drug-likeness (QED) is 0.760. The average Bonchev–Trinajstić information content (AvgIpc) is 2.49. The van der Waals surface area contributed by atoms with Crippen molar-refractivity contribution in [2.45, 2.75) is 52.2 Å². The van der Waals surface area contributed by atoms with Gasteiger partial charge in [0.15, 0.2) is 0 Å². The van der Waals surface area contributed by atoms with Crippen LogP contribution in [0.25, 0.3) is 0 Å². The van der Waals surface area contributed by atoms with Gasteiger partial charge < -0.3 is 9.64 Å². The van der Waals surface area contributed by atoms with E-state index in [4.69, 9.17) is 4.74 Å². The molecule has 1 aromatic heterocycles. The number of hydrogen-bond donors (Lipinski definition) is 2. The highest BCUT2D eigenvalue weighted by Gasteiger charge is 2.33. The minimum Gasteiger partial charge on any atom is -0.370 e. The smallest absolute Gasteiger partial charge is 0.290 e. The molecule has 23 heavy (non-hydrogen) atoms. The van der Waals surface area contributed by atoms with Crippen molar-refractivity contribution in [2.24, 2.45) is 0 Å². The van der Waals surface area contributed by atoms with E-state index < -0.39 is 0 Å². The van der Waals surface area contributed by atoms with E-state index in [2.05, 4.69) is 51.2 Å². The Morgan fingerprint density at radius 1 is 1.35 bits per heavy atom. The fraction of sp³-hybridized carbons (Fsp3) is 0.667. The van der Waals surface area contributed by atoms with Gasteiger partial charge in [0.2, 0.25) is 0 Å². The number of nitrogens with zero attached hydrogens (tertiary/aromatic N) is 1. The first-order valence-corrected chi connectivity index (χ1v) is 8.54. The van der Waals surface area contributed by atoms with Crippen molar-refractivity contribution in [2.75, 3.05) is 32.5 Å². The number of aromatic nitrogens is 1. The highest BCUT2D eigenvalue weighted by molar-refractivity contribution is 5.56. The first-order chi connectivity index (χ1) is 10.9. The van der Waals surface area contributed by atoms with E-state index in [1.54, 1.807) is 0 Å². The Hall–Kier alpha value is -1.64. The second kappa shape index (κ2) is 7.29. The summed E-state index contributed by atoms with van der Waals surface area (Å²) in [6.45, 7) is 8.89. The Bertz CT molecular complexity index is 602. The maximum Gasteiger partial charge on any atom is 0.290 e. The fourth-order valence-corrected chi connectivity index (χ4v) is 3.10. The third kappa shape index (κ3) is 4.21. The van der Waals surface area contributed by atoms with Gasteiger partial charge in [-0.2, -0.15) is 5.26 Å². The molecule has 1 aliphatic heterocycles. The van der Waals surface area contributed by atoms with Crippen molar-refractivity contribution in [3.8, 4) is 6.07 Å². The predicted octanol–water partition coefficient (Wildman–Crippen LogP) is 0.733. The molecule has 0 saturated heterocycles. The van der Waals surface area contributed by atoms with Gasteiger partial charge in [0, 0.05) is 24.8 Å². The Labute approximate surface area is 139 Å². The Balaban J connectivity index is 2.30. The third-order valence-corrected chi connectivity index (χ3v) is 4.39. The van der Waals surface area contributed by atoms with Crippen molar-refractivity contribution in [1.29, 1.82) is 5.26 Å². The molecule has 0 unspecified atom stereocenters. The van der Waals surface area contributed by atoms with Crippen LogP contribution < -0.4 is 15.2 Å². The molecule has 3 N–H and O–H groups in total. The summed E-state index contributed by atoms with van der Waals surface area (Å²) in [7, 11) is 4.31. The van der Waals surface area contributed by atoms with Gasteiger partial charge in [-0.25, -0.2) is 4.98 Å². The molecule has 0 fully saturated rings. The molecule has 2 rings (SSSR count). The second-order valence-corrected chi connectivity index (χ2v) is 7.24. The molecular weight excluding hydrogens is 288 g/mol. The Morgan fingerprint density at radius 2 is 2.09 bits per heavy atom. The van der Waals surface area contributed by atoms with E-state index in [1.165, 1.54) is 16.2 Å². The molecule has 0 aromatic carbocycles. The number of nitriles is 1. The molecule has 0 amide bonds. The van der Waals surface area contributed by atoms with E-state index in [1.807, 2.05) is 0 Å². The van der Waals surface area contributed by atoms with Gasteiger partial charge in [-0.05, 0) is 19.4 Å². The number of ether oxygens (including phenoxy) is 1. The van der Waals surface area contributed by atoms with Crippen LogP contribution in [0.5, 0.6) is 0 Å². The molecule has 2 heterocycles. The summed E-state index contributed by atoms with van der Waals surface area (Å²) in [6, 6.07) is 2.41. The maximum atomic E-state index is 9.70. The van der Waals surface area contributed by atoms with Gasteiger partial charge in [-0.1, -0.05) is 6.92 Å². The van der Waals surface area contributed by atoms with Crippen LogP contribution >= 0.6 is 0 Å². The average molecular weight is 318 g/mol. The Morgan fingerprint density at radius 3 is 2.70 bits per heavy atom. The lowest BCUT2D eigenvalue weighted by atomic mass is 9.87. The normalized spacial score (nSPS) is 16.0. The first-order valence-electron chi connectivity index (χ1n) is 8.54. The molecule has 5 heteroatoms. The van der Waals surface area contributed by atoms with Gasteiger partial charge in [0.25, 0.3) is 5.82 Å². The highest BCUT2D eigenvalue weighted by atomic mass is 16.5. The number of pyridine rings is 1. The third-order valence-electron chi connectivity index (χ3n) is 4.39. The van der Waals surface area contributed by atoms with Crippen molar-refractivity contribution in [3.63, 3.8) is 0 Å². The molecule has 5 nitrogen and oxygen atoms in total. The first kappa shape index (κ1) is 17.7. The maximum absolute atomic E-state index is 9.70. The molecule has 0 atom stereocenters. The van der Waals surface area contributed by atoms with Gasteiger partial charge in [-0.15, -0.1) is 0 Å². The largest absolute Gasteiger partial charge is 0.370 e. The Kier molecular flexibility index (Phi) is 5.61. The summed E-state index contributed by atoms with van der Waals surface area (Å²) < 4.78 is 5.95. The van der Waals surface area contributed by atoms with Crippen molar-refractivity contribution in [3.05, 3.63) is 22.4 Å². The van der Waals surface area contributed by atoms with Gasteiger partial charge in [-0.3, -0.25) is 5.32 Å². The monoisotopic (exact) mass is 318 g/mol. The van der Waals surface area contributed by atoms with Gasteiger partial charge in [0.05, 0.1) is 39.4 Å². The van der Waals surface area contributed by atoms with Crippen molar-refractivity contribution >= 4 is 5.82 Å². The number of anilines is 1. The van der Waals surface area contributed by atoms with Crippen LogP contribution in [-0.2, 0) is 24.2 Å². The zero-order valence-corrected chi connectivity index (χ0v) is 15.1. The van der Waals surface area contributed by atoms with Crippen LogP contribution in [0.15, 0.2) is 0 Å². The van der Waals surface area contributed by atoms with Crippen LogP contribution in [0, 0.1) is 11.3 Å². The molecule has 0 saturated carbocycles. The number of aryl methyl sites for hydroxylation is 1. The molecule has 1 aromatic rings. The molecule has 0 aliphatic carbocycles. The molecule has 1 aliphatic rings. The second-order valence-electron chi connectivity index (χ2n) is 7.24. The fourth-order valence-electron chi connectivity index (χ4n) is 3.10.